The second kappa shape index (κ2) is 7.15. The summed E-state index contributed by atoms with van der Waals surface area (Å²) < 4.78 is 5.24. The number of likely N-dealkylation sites (tertiary alicyclic amines) is 1. The number of hydrogen-bond donors (Lipinski definition) is 1. The highest BCUT2D eigenvalue weighted by Crippen LogP contribution is 2.27. The van der Waals surface area contributed by atoms with E-state index in [0.29, 0.717) is 6.42 Å². The fourth-order valence-electron chi connectivity index (χ4n) is 3.58. The molecule has 0 aliphatic carbocycles. The Morgan fingerprint density at radius 2 is 2.27 bits per heavy atom. The molecule has 1 aliphatic rings. The summed E-state index contributed by atoms with van der Waals surface area (Å²) in [5, 5.41) is 7.96. The smallest absolute Gasteiger partial charge is 0.227 e. The predicted octanol–water partition coefficient (Wildman–Crippen LogP) is 2.92. The average Bonchev–Trinajstić information content (AvgIpc) is 3.16. The number of piperidine rings is 1. The van der Waals surface area contributed by atoms with Gasteiger partial charge >= 0.3 is 0 Å². The highest BCUT2D eigenvalue weighted by atomic mass is 16.5. The second-order valence-electron chi connectivity index (χ2n) is 6.75. The fourth-order valence-corrected chi connectivity index (χ4v) is 3.58. The molecule has 1 saturated heterocycles. The molecule has 134 valence electrons. The Hall–Kier alpha value is -2.89. The summed E-state index contributed by atoms with van der Waals surface area (Å²) in [7, 11) is 1.64. The largest absolute Gasteiger partial charge is 0.497 e. The van der Waals surface area contributed by atoms with Gasteiger partial charge in [0, 0.05) is 30.1 Å². The van der Waals surface area contributed by atoms with Crippen LogP contribution in [0.4, 0.5) is 0 Å². The zero-order valence-electron chi connectivity index (χ0n) is 14.8. The summed E-state index contributed by atoms with van der Waals surface area (Å²) in [6.07, 6.45) is 4.22. The number of ether oxygens (including phenoxy) is 1. The highest BCUT2D eigenvalue weighted by molar-refractivity contribution is 5.79. The van der Waals surface area contributed by atoms with Crippen LogP contribution in [0.3, 0.4) is 0 Å². The first-order valence-electron chi connectivity index (χ1n) is 8.93. The van der Waals surface area contributed by atoms with E-state index < -0.39 is 0 Å². The zero-order valence-corrected chi connectivity index (χ0v) is 14.8. The van der Waals surface area contributed by atoms with Gasteiger partial charge in [0.2, 0.25) is 5.91 Å². The van der Waals surface area contributed by atoms with E-state index in [4.69, 9.17) is 4.74 Å². The number of pyridine rings is 1. The SMILES string of the molecule is COc1cccc(CC(=O)N2CCC[C@H](c3ccc4cn[nH]c4n3)C2)c1. The van der Waals surface area contributed by atoms with Crippen molar-refractivity contribution in [2.45, 2.75) is 25.2 Å². The van der Waals surface area contributed by atoms with Gasteiger partial charge in [-0.15, -0.1) is 0 Å². The summed E-state index contributed by atoms with van der Waals surface area (Å²) in [4.78, 5) is 19.4. The Morgan fingerprint density at radius 3 is 3.15 bits per heavy atom. The number of nitrogens with zero attached hydrogens (tertiary/aromatic N) is 3. The van der Waals surface area contributed by atoms with Crippen LogP contribution in [0, 0.1) is 0 Å². The lowest BCUT2D eigenvalue weighted by atomic mass is 9.93. The number of amides is 1. The maximum absolute atomic E-state index is 12.8. The first kappa shape index (κ1) is 16.6. The minimum atomic E-state index is 0.158. The molecule has 1 amide bonds. The molecule has 4 rings (SSSR count). The van der Waals surface area contributed by atoms with Crippen LogP contribution in [0.5, 0.6) is 5.75 Å². The number of aromatic amines is 1. The molecule has 0 spiro atoms. The molecule has 26 heavy (non-hydrogen) atoms. The van der Waals surface area contributed by atoms with Crippen LogP contribution in [0.2, 0.25) is 0 Å². The number of fused-ring (bicyclic) bond motifs is 1. The van der Waals surface area contributed by atoms with E-state index in [9.17, 15) is 4.79 Å². The van der Waals surface area contributed by atoms with Crippen LogP contribution in [0.15, 0.2) is 42.6 Å². The molecule has 1 atom stereocenters. The van der Waals surface area contributed by atoms with Crippen LogP contribution < -0.4 is 4.74 Å². The van der Waals surface area contributed by atoms with Crippen LogP contribution >= 0.6 is 0 Å². The third-order valence-electron chi connectivity index (χ3n) is 5.00. The maximum atomic E-state index is 12.8. The van der Waals surface area contributed by atoms with E-state index in [2.05, 4.69) is 21.2 Å². The normalized spacial score (nSPS) is 17.4. The number of H-pyrrole nitrogens is 1. The van der Waals surface area contributed by atoms with Crippen molar-refractivity contribution in [1.82, 2.24) is 20.1 Å². The van der Waals surface area contributed by atoms with Crippen molar-refractivity contribution >= 4 is 16.9 Å². The number of methoxy groups -OCH3 is 1. The minimum absolute atomic E-state index is 0.158. The Kier molecular flexibility index (Phi) is 4.56. The first-order chi connectivity index (χ1) is 12.7. The first-order valence-corrected chi connectivity index (χ1v) is 8.93. The topological polar surface area (TPSA) is 71.1 Å². The van der Waals surface area contributed by atoms with Crippen molar-refractivity contribution in [2.24, 2.45) is 0 Å². The van der Waals surface area contributed by atoms with Crippen molar-refractivity contribution < 1.29 is 9.53 Å². The second-order valence-corrected chi connectivity index (χ2v) is 6.75. The van der Waals surface area contributed by atoms with Gasteiger partial charge in [-0.05, 0) is 42.7 Å². The summed E-state index contributed by atoms with van der Waals surface area (Å²) in [6, 6.07) is 11.8. The number of rotatable bonds is 4. The summed E-state index contributed by atoms with van der Waals surface area (Å²) >= 11 is 0. The van der Waals surface area contributed by atoms with Gasteiger partial charge in [-0.1, -0.05) is 12.1 Å². The number of nitrogens with one attached hydrogen (secondary N) is 1. The molecule has 0 unspecified atom stereocenters. The third kappa shape index (κ3) is 3.40. The maximum Gasteiger partial charge on any atom is 0.227 e. The van der Waals surface area contributed by atoms with Gasteiger partial charge in [0.1, 0.15) is 5.75 Å². The van der Waals surface area contributed by atoms with Crippen LogP contribution in [-0.4, -0.2) is 46.2 Å². The molecule has 1 fully saturated rings. The van der Waals surface area contributed by atoms with Crippen molar-refractivity contribution in [3.63, 3.8) is 0 Å². The molecule has 2 aromatic heterocycles. The third-order valence-corrected chi connectivity index (χ3v) is 5.00. The van der Waals surface area contributed by atoms with Gasteiger partial charge < -0.3 is 9.64 Å². The van der Waals surface area contributed by atoms with Gasteiger partial charge in [0.15, 0.2) is 5.65 Å². The summed E-state index contributed by atoms with van der Waals surface area (Å²) in [5.41, 5.74) is 2.82. The van der Waals surface area contributed by atoms with Crippen molar-refractivity contribution in [3.05, 3.63) is 53.9 Å². The summed E-state index contributed by atoms with van der Waals surface area (Å²) in [5.74, 6) is 1.21. The average molecular weight is 350 g/mol. The van der Waals surface area contributed by atoms with Crippen molar-refractivity contribution in [3.8, 4) is 5.75 Å². The van der Waals surface area contributed by atoms with E-state index in [1.807, 2.05) is 35.2 Å². The Bertz CT molecular complexity index is 921. The molecular weight excluding hydrogens is 328 g/mol. The van der Waals surface area contributed by atoms with E-state index in [1.165, 1.54) is 0 Å². The Labute approximate surface area is 152 Å². The number of aromatic nitrogens is 3. The molecular formula is C20H22N4O2. The van der Waals surface area contributed by atoms with Crippen molar-refractivity contribution in [1.29, 1.82) is 0 Å². The van der Waals surface area contributed by atoms with Crippen LogP contribution in [-0.2, 0) is 11.2 Å². The molecule has 3 heterocycles. The Balaban J connectivity index is 1.46. The van der Waals surface area contributed by atoms with E-state index in [0.717, 1.165) is 54.0 Å². The minimum Gasteiger partial charge on any atom is -0.497 e. The van der Waals surface area contributed by atoms with Crippen molar-refractivity contribution in [2.75, 3.05) is 20.2 Å². The zero-order chi connectivity index (χ0) is 17.9. The van der Waals surface area contributed by atoms with Crippen LogP contribution in [0.1, 0.15) is 30.0 Å². The van der Waals surface area contributed by atoms with Crippen LogP contribution in [0.25, 0.3) is 11.0 Å². The number of hydrogen-bond acceptors (Lipinski definition) is 4. The monoisotopic (exact) mass is 350 g/mol. The molecule has 6 heteroatoms. The van der Waals surface area contributed by atoms with Gasteiger partial charge in [-0.2, -0.15) is 5.10 Å². The van der Waals surface area contributed by atoms with E-state index in [-0.39, 0.29) is 11.8 Å². The van der Waals surface area contributed by atoms with Gasteiger partial charge in [-0.3, -0.25) is 9.89 Å². The molecule has 1 aromatic carbocycles. The molecule has 0 saturated carbocycles. The molecule has 0 bridgehead atoms. The molecule has 6 nitrogen and oxygen atoms in total. The van der Waals surface area contributed by atoms with Gasteiger partial charge in [-0.25, -0.2) is 4.98 Å². The highest BCUT2D eigenvalue weighted by Gasteiger charge is 2.26. The standard InChI is InChI=1S/C20H22N4O2/c1-26-17-6-2-4-14(10-17)11-19(25)24-9-3-5-16(13-24)18-8-7-15-12-21-23-20(15)22-18/h2,4,6-8,10,12,16H,3,5,9,11,13H2,1H3,(H,21,22,23)/t16-/m0/s1. The lowest BCUT2D eigenvalue weighted by Crippen LogP contribution is -2.40. The predicted molar refractivity (Wildman–Crippen MR) is 99.1 cm³/mol. The Morgan fingerprint density at radius 1 is 1.35 bits per heavy atom. The molecule has 0 radical (unpaired) electrons. The van der Waals surface area contributed by atoms with Gasteiger partial charge in [0.05, 0.1) is 19.7 Å². The number of carbonyl (C=O) groups is 1. The number of carbonyl (C=O) groups excluding carboxylic acids is 1. The fraction of sp³-hybridized carbons (Fsp3) is 0.350. The molecule has 1 aliphatic heterocycles. The van der Waals surface area contributed by atoms with Gasteiger partial charge in [0.25, 0.3) is 0 Å². The summed E-state index contributed by atoms with van der Waals surface area (Å²) in [6.45, 7) is 1.53. The van der Waals surface area contributed by atoms with E-state index in [1.54, 1.807) is 13.3 Å². The molecule has 1 N–H and O–H groups in total. The lowest BCUT2D eigenvalue weighted by Gasteiger charge is -2.32. The van der Waals surface area contributed by atoms with E-state index >= 15 is 0 Å². The lowest BCUT2D eigenvalue weighted by molar-refractivity contribution is -0.131. The quantitative estimate of drug-likeness (QED) is 0.785. The molecule has 3 aromatic rings. The number of benzene rings is 1.